The highest BCUT2D eigenvalue weighted by atomic mass is 16.4. The summed E-state index contributed by atoms with van der Waals surface area (Å²) in [7, 11) is 1.84. The second-order valence-electron chi connectivity index (χ2n) is 7.14. The maximum Gasteiger partial charge on any atom is 0.305 e. The Balaban J connectivity index is 1.77. The Morgan fingerprint density at radius 2 is 1.90 bits per heavy atom. The van der Waals surface area contributed by atoms with Crippen LogP contribution in [0.5, 0.6) is 0 Å². The van der Waals surface area contributed by atoms with E-state index >= 15 is 0 Å². The van der Waals surface area contributed by atoms with Crippen molar-refractivity contribution in [3.05, 3.63) is 12.2 Å². The summed E-state index contributed by atoms with van der Waals surface area (Å²) in [5.41, 5.74) is -0.452. The summed E-state index contributed by atoms with van der Waals surface area (Å²) in [4.78, 5) is 26.0. The normalized spacial score (nSPS) is 33.1. The van der Waals surface area contributed by atoms with Crippen LogP contribution in [0.3, 0.4) is 0 Å². The van der Waals surface area contributed by atoms with Gasteiger partial charge in [-0.1, -0.05) is 31.4 Å². The van der Waals surface area contributed by atoms with Crippen LogP contribution in [0.15, 0.2) is 12.2 Å². The number of allylic oxidation sites excluding steroid dienone is 2. The van der Waals surface area contributed by atoms with Gasteiger partial charge in [-0.25, -0.2) is 0 Å². The quantitative estimate of drug-likeness (QED) is 0.810. The highest BCUT2D eigenvalue weighted by molar-refractivity contribution is 5.81. The molecule has 0 spiro atoms. The van der Waals surface area contributed by atoms with Crippen LogP contribution in [-0.4, -0.2) is 34.5 Å². The van der Waals surface area contributed by atoms with Crippen LogP contribution in [0.1, 0.15) is 51.4 Å². The SMILES string of the molecule is CN(C(=O)C1CC2C=CC1C2)C1(CC(=O)O)CCCCC1. The van der Waals surface area contributed by atoms with E-state index in [1.807, 2.05) is 11.9 Å². The standard InChI is InChI=1S/C17H25NO3/c1-18(16(21)14-10-12-5-6-13(14)9-12)17(11-15(19)20)7-3-2-4-8-17/h5-6,12-14H,2-4,7-11H2,1H3,(H,19,20). The number of carbonyl (C=O) groups excluding carboxylic acids is 1. The van der Waals surface area contributed by atoms with E-state index in [4.69, 9.17) is 0 Å². The van der Waals surface area contributed by atoms with Gasteiger partial charge in [-0.2, -0.15) is 0 Å². The fourth-order valence-electron chi connectivity index (χ4n) is 4.67. The molecule has 2 fully saturated rings. The van der Waals surface area contributed by atoms with Gasteiger partial charge in [0.15, 0.2) is 0 Å². The molecular weight excluding hydrogens is 266 g/mol. The van der Waals surface area contributed by atoms with Gasteiger partial charge in [0.05, 0.1) is 12.0 Å². The third kappa shape index (κ3) is 2.60. The van der Waals surface area contributed by atoms with Crippen LogP contribution in [0.4, 0.5) is 0 Å². The molecule has 0 aromatic carbocycles. The van der Waals surface area contributed by atoms with Gasteiger partial charge in [-0.3, -0.25) is 9.59 Å². The minimum atomic E-state index is -0.788. The van der Waals surface area contributed by atoms with Crippen LogP contribution < -0.4 is 0 Å². The van der Waals surface area contributed by atoms with E-state index in [1.165, 1.54) is 0 Å². The van der Waals surface area contributed by atoms with Crippen LogP contribution in [-0.2, 0) is 9.59 Å². The molecule has 1 N–H and O–H groups in total. The number of carbonyl (C=O) groups is 2. The van der Waals surface area contributed by atoms with E-state index in [-0.39, 0.29) is 18.2 Å². The molecule has 2 saturated carbocycles. The second kappa shape index (κ2) is 5.47. The highest BCUT2D eigenvalue weighted by Gasteiger charge is 2.46. The first-order valence-corrected chi connectivity index (χ1v) is 8.20. The first kappa shape index (κ1) is 14.6. The minimum Gasteiger partial charge on any atom is -0.481 e. The molecule has 21 heavy (non-hydrogen) atoms. The molecular formula is C17H25NO3. The number of aliphatic carboxylic acids is 1. The van der Waals surface area contributed by atoms with E-state index < -0.39 is 11.5 Å². The van der Waals surface area contributed by atoms with Gasteiger partial charge in [-0.15, -0.1) is 0 Å². The molecule has 4 heteroatoms. The Kier molecular flexibility index (Phi) is 3.80. The topological polar surface area (TPSA) is 57.6 Å². The number of carboxylic acid groups (broad SMARTS) is 1. The average molecular weight is 291 g/mol. The fraction of sp³-hybridized carbons (Fsp3) is 0.765. The highest BCUT2D eigenvalue weighted by Crippen LogP contribution is 2.46. The number of rotatable bonds is 4. The first-order valence-electron chi connectivity index (χ1n) is 8.20. The van der Waals surface area contributed by atoms with Gasteiger partial charge >= 0.3 is 5.97 Å². The second-order valence-corrected chi connectivity index (χ2v) is 7.14. The molecule has 0 heterocycles. The lowest BCUT2D eigenvalue weighted by molar-refractivity contribution is -0.148. The molecule has 3 unspecified atom stereocenters. The molecule has 3 aliphatic rings. The Labute approximate surface area is 126 Å². The molecule has 4 nitrogen and oxygen atoms in total. The third-order valence-corrected chi connectivity index (χ3v) is 5.90. The Morgan fingerprint density at radius 3 is 2.43 bits per heavy atom. The Bertz CT molecular complexity index is 465. The van der Waals surface area contributed by atoms with Gasteiger partial charge in [0.2, 0.25) is 5.91 Å². The zero-order chi connectivity index (χ0) is 15.0. The maximum atomic E-state index is 12.9. The molecule has 0 saturated heterocycles. The lowest BCUT2D eigenvalue weighted by Gasteiger charge is -2.45. The predicted octanol–water partition coefficient (Wildman–Crippen LogP) is 2.83. The first-order chi connectivity index (χ1) is 10.0. The minimum absolute atomic E-state index is 0.0811. The number of hydrogen-bond acceptors (Lipinski definition) is 2. The van der Waals surface area contributed by atoms with Crippen molar-refractivity contribution in [2.24, 2.45) is 17.8 Å². The van der Waals surface area contributed by atoms with Crippen LogP contribution in [0.25, 0.3) is 0 Å². The van der Waals surface area contributed by atoms with Crippen molar-refractivity contribution >= 4 is 11.9 Å². The van der Waals surface area contributed by atoms with E-state index in [0.717, 1.165) is 44.9 Å². The van der Waals surface area contributed by atoms with Crippen LogP contribution >= 0.6 is 0 Å². The number of hydrogen-bond donors (Lipinski definition) is 1. The molecule has 1 amide bonds. The molecule has 0 aromatic heterocycles. The lowest BCUT2D eigenvalue weighted by atomic mass is 9.77. The summed E-state index contributed by atoms with van der Waals surface area (Å²) in [6.45, 7) is 0. The van der Waals surface area contributed by atoms with Crippen molar-refractivity contribution in [1.29, 1.82) is 0 Å². The molecule has 3 aliphatic carbocycles. The van der Waals surface area contributed by atoms with Gasteiger partial charge in [0.25, 0.3) is 0 Å². The van der Waals surface area contributed by atoms with Crippen molar-refractivity contribution in [3.8, 4) is 0 Å². The molecule has 116 valence electrons. The van der Waals surface area contributed by atoms with Crippen LogP contribution in [0, 0.1) is 17.8 Å². The zero-order valence-electron chi connectivity index (χ0n) is 12.8. The van der Waals surface area contributed by atoms with E-state index in [0.29, 0.717) is 11.8 Å². The predicted molar refractivity (Wildman–Crippen MR) is 79.7 cm³/mol. The molecule has 3 rings (SSSR count). The summed E-state index contributed by atoms with van der Waals surface area (Å²) in [6.07, 6.45) is 11.5. The zero-order valence-corrected chi connectivity index (χ0v) is 12.8. The van der Waals surface area contributed by atoms with E-state index in [1.54, 1.807) is 0 Å². The Hall–Kier alpha value is -1.32. The van der Waals surface area contributed by atoms with Gasteiger partial charge in [0.1, 0.15) is 0 Å². The van der Waals surface area contributed by atoms with Crippen molar-refractivity contribution in [2.75, 3.05) is 7.05 Å². The fourth-order valence-corrected chi connectivity index (χ4v) is 4.67. The van der Waals surface area contributed by atoms with E-state index in [9.17, 15) is 14.7 Å². The number of fused-ring (bicyclic) bond motifs is 2. The van der Waals surface area contributed by atoms with E-state index in [2.05, 4.69) is 12.2 Å². The summed E-state index contributed by atoms with van der Waals surface area (Å²) >= 11 is 0. The van der Waals surface area contributed by atoms with Crippen molar-refractivity contribution in [2.45, 2.75) is 56.9 Å². The molecule has 3 atom stereocenters. The maximum absolute atomic E-state index is 12.9. The monoisotopic (exact) mass is 291 g/mol. The largest absolute Gasteiger partial charge is 0.481 e. The Morgan fingerprint density at radius 1 is 1.19 bits per heavy atom. The van der Waals surface area contributed by atoms with Crippen LogP contribution in [0.2, 0.25) is 0 Å². The lowest BCUT2D eigenvalue weighted by Crippen LogP contribution is -2.54. The third-order valence-electron chi connectivity index (χ3n) is 5.90. The molecule has 0 aliphatic heterocycles. The molecule has 0 aromatic rings. The number of carboxylic acids is 1. The number of nitrogens with zero attached hydrogens (tertiary/aromatic N) is 1. The summed E-state index contributed by atoms with van der Waals surface area (Å²) in [5.74, 6) is 0.423. The van der Waals surface area contributed by atoms with Crippen molar-refractivity contribution in [1.82, 2.24) is 4.90 Å². The van der Waals surface area contributed by atoms with Crippen molar-refractivity contribution < 1.29 is 14.7 Å². The summed E-state index contributed by atoms with van der Waals surface area (Å²) in [6, 6.07) is 0. The van der Waals surface area contributed by atoms with Gasteiger partial charge in [0, 0.05) is 13.0 Å². The van der Waals surface area contributed by atoms with Gasteiger partial charge < -0.3 is 10.0 Å². The molecule has 0 radical (unpaired) electrons. The van der Waals surface area contributed by atoms with Gasteiger partial charge in [-0.05, 0) is 37.5 Å². The smallest absolute Gasteiger partial charge is 0.305 e. The summed E-state index contributed by atoms with van der Waals surface area (Å²) < 4.78 is 0. The number of amides is 1. The average Bonchev–Trinajstić information content (AvgIpc) is 3.08. The summed E-state index contributed by atoms with van der Waals surface area (Å²) in [5, 5.41) is 9.28. The van der Waals surface area contributed by atoms with Crippen molar-refractivity contribution in [3.63, 3.8) is 0 Å². The molecule has 2 bridgehead atoms.